The van der Waals surface area contributed by atoms with Crippen molar-refractivity contribution < 1.29 is 4.79 Å². The molecule has 5 nitrogen and oxygen atoms in total. The van der Waals surface area contributed by atoms with Gasteiger partial charge in [-0.1, -0.05) is 25.4 Å². The maximum Gasteiger partial charge on any atom is 0.266 e. The van der Waals surface area contributed by atoms with Gasteiger partial charge in [0.05, 0.1) is 5.56 Å². The first-order valence-corrected chi connectivity index (χ1v) is 7.75. The van der Waals surface area contributed by atoms with Crippen molar-refractivity contribution in [2.45, 2.75) is 32.7 Å². The summed E-state index contributed by atoms with van der Waals surface area (Å²) >= 11 is 5.74. The molecule has 1 aliphatic rings. The Bertz CT molecular complexity index is 548. The lowest BCUT2D eigenvalue weighted by molar-refractivity contribution is 0.0907. The van der Waals surface area contributed by atoms with Gasteiger partial charge in [0.2, 0.25) is 0 Å². The van der Waals surface area contributed by atoms with Gasteiger partial charge >= 0.3 is 0 Å². The molecule has 21 heavy (non-hydrogen) atoms. The van der Waals surface area contributed by atoms with Gasteiger partial charge < -0.3 is 15.2 Å². The number of hydrogen-bond acceptors (Lipinski definition) is 3. The van der Waals surface area contributed by atoms with Crippen LogP contribution in [0.1, 0.15) is 37.0 Å². The van der Waals surface area contributed by atoms with Crippen molar-refractivity contribution in [1.82, 2.24) is 15.2 Å². The maximum atomic E-state index is 12.1. The lowest BCUT2D eigenvalue weighted by atomic mass is 10.0. The smallest absolute Gasteiger partial charge is 0.266 e. The molecule has 0 spiro atoms. The highest BCUT2D eigenvalue weighted by molar-refractivity contribution is 6.30. The monoisotopic (exact) mass is 311 g/mol. The highest BCUT2D eigenvalue weighted by Crippen LogP contribution is 2.13. The van der Waals surface area contributed by atoms with E-state index >= 15 is 0 Å². The van der Waals surface area contributed by atoms with E-state index in [1.54, 1.807) is 0 Å². The zero-order chi connectivity index (χ0) is 15.4. The van der Waals surface area contributed by atoms with Gasteiger partial charge in [-0.25, -0.2) is 0 Å². The van der Waals surface area contributed by atoms with Gasteiger partial charge in [0.15, 0.2) is 0 Å². The minimum Gasteiger partial charge on any atom is -0.349 e. The molecule has 1 saturated heterocycles. The molecule has 0 bridgehead atoms. The Kier molecular flexibility index (Phi) is 5.42. The van der Waals surface area contributed by atoms with Crippen LogP contribution >= 0.6 is 11.6 Å². The molecule has 0 unspecified atom stereocenters. The zero-order valence-electron chi connectivity index (χ0n) is 12.5. The van der Waals surface area contributed by atoms with Crippen molar-refractivity contribution >= 4 is 17.5 Å². The first-order chi connectivity index (χ1) is 9.95. The fourth-order valence-corrected chi connectivity index (χ4v) is 2.80. The number of nitrogens with zero attached hydrogens (tertiary/aromatic N) is 1. The van der Waals surface area contributed by atoms with Gasteiger partial charge in [0.1, 0.15) is 5.02 Å². The van der Waals surface area contributed by atoms with E-state index in [4.69, 9.17) is 11.6 Å². The van der Waals surface area contributed by atoms with Gasteiger partial charge in [-0.05, 0) is 24.8 Å². The fourth-order valence-electron chi connectivity index (χ4n) is 2.63. The van der Waals surface area contributed by atoms with Crippen LogP contribution in [0.15, 0.2) is 17.1 Å². The summed E-state index contributed by atoms with van der Waals surface area (Å²) in [5.41, 5.74) is 0.0134. The Morgan fingerprint density at radius 1 is 1.48 bits per heavy atom. The van der Waals surface area contributed by atoms with Crippen molar-refractivity contribution in [3.8, 4) is 0 Å². The first kappa shape index (κ1) is 16.0. The second-order valence-corrected chi connectivity index (χ2v) is 6.41. The summed E-state index contributed by atoms with van der Waals surface area (Å²) < 4.78 is 0. The number of likely N-dealkylation sites (tertiary alicyclic amines) is 1. The average molecular weight is 312 g/mol. The SMILES string of the molecule is CC(C)CN1CCC(NC(=O)c2c[nH]c(=O)c(Cl)c2)CC1. The van der Waals surface area contributed by atoms with E-state index in [0.29, 0.717) is 11.5 Å². The number of piperidine rings is 1. The summed E-state index contributed by atoms with van der Waals surface area (Å²) in [6, 6.07) is 1.59. The van der Waals surface area contributed by atoms with E-state index in [1.165, 1.54) is 12.3 Å². The minimum absolute atomic E-state index is 0.0365. The number of H-pyrrole nitrogens is 1. The van der Waals surface area contributed by atoms with Gasteiger partial charge in [-0.15, -0.1) is 0 Å². The normalized spacial score (nSPS) is 17.1. The van der Waals surface area contributed by atoms with E-state index in [0.717, 1.165) is 32.5 Å². The molecule has 1 amide bonds. The summed E-state index contributed by atoms with van der Waals surface area (Å²) in [4.78, 5) is 28.2. The Labute approximate surface area is 129 Å². The quantitative estimate of drug-likeness (QED) is 0.892. The Morgan fingerprint density at radius 3 is 2.71 bits per heavy atom. The van der Waals surface area contributed by atoms with Gasteiger partial charge in [-0.3, -0.25) is 9.59 Å². The van der Waals surface area contributed by atoms with Crippen LogP contribution in [-0.4, -0.2) is 41.5 Å². The van der Waals surface area contributed by atoms with Crippen molar-refractivity contribution in [2.24, 2.45) is 5.92 Å². The molecule has 0 aliphatic carbocycles. The van der Waals surface area contributed by atoms with Gasteiger partial charge in [0.25, 0.3) is 11.5 Å². The van der Waals surface area contributed by atoms with Crippen LogP contribution in [0.3, 0.4) is 0 Å². The van der Waals surface area contributed by atoms with Crippen molar-refractivity contribution in [2.75, 3.05) is 19.6 Å². The molecular weight excluding hydrogens is 290 g/mol. The third-order valence-corrected chi connectivity index (χ3v) is 3.95. The van der Waals surface area contributed by atoms with Gasteiger partial charge in [0, 0.05) is 31.9 Å². The van der Waals surface area contributed by atoms with E-state index < -0.39 is 0 Å². The van der Waals surface area contributed by atoms with Crippen LogP contribution in [0.25, 0.3) is 0 Å². The largest absolute Gasteiger partial charge is 0.349 e. The summed E-state index contributed by atoms with van der Waals surface area (Å²) in [6.45, 7) is 7.56. The summed E-state index contributed by atoms with van der Waals surface area (Å²) in [7, 11) is 0. The molecule has 0 aromatic carbocycles. The number of pyridine rings is 1. The molecule has 1 fully saturated rings. The number of carbonyl (C=O) groups is 1. The molecule has 1 aliphatic heterocycles. The minimum atomic E-state index is -0.379. The van der Waals surface area contributed by atoms with Crippen molar-refractivity contribution in [1.29, 1.82) is 0 Å². The number of carbonyl (C=O) groups excluding carboxylic acids is 1. The summed E-state index contributed by atoms with van der Waals surface area (Å²) in [5.74, 6) is 0.481. The third kappa shape index (κ3) is 4.58. The predicted molar refractivity (Wildman–Crippen MR) is 83.8 cm³/mol. The molecular formula is C15H22ClN3O2. The van der Waals surface area contributed by atoms with E-state index in [2.05, 4.69) is 29.0 Å². The van der Waals surface area contributed by atoms with Crippen LogP contribution in [0, 0.1) is 5.92 Å². The molecule has 0 saturated carbocycles. The Morgan fingerprint density at radius 2 is 2.14 bits per heavy atom. The lowest BCUT2D eigenvalue weighted by Gasteiger charge is -2.33. The van der Waals surface area contributed by atoms with E-state index in [9.17, 15) is 9.59 Å². The number of aromatic amines is 1. The molecule has 116 valence electrons. The van der Waals surface area contributed by atoms with Crippen LogP contribution in [-0.2, 0) is 0 Å². The molecule has 2 N–H and O–H groups in total. The Hall–Kier alpha value is -1.33. The second-order valence-electron chi connectivity index (χ2n) is 6.01. The number of aromatic nitrogens is 1. The second kappa shape index (κ2) is 7.09. The zero-order valence-corrected chi connectivity index (χ0v) is 13.2. The van der Waals surface area contributed by atoms with Crippen molar-refractivity contribution in [3.05, 3.63) is 33.2 Å². The topological polar surface area (TPSA) is 65.2 Å². The first-order valence-electron chi connectivity index (χ1n) is 7.37. The molecule has 1 aromatic rings. The van der Waals surface area contributed by atoms with Crippen LogP contribution in [0.2, 0.25) is 5.02 Å². The number of amides is 1. The van der Waals surface area contributed by atoms with Crippen molar-refractivity contribution in [3.63, 3.8) is 0 Å². The van der Waals surface area contributed by atoms with E-state index in [-0.39, 0.29) is 22.5 Å². The molecule has 2 rings (SSSR count). The summed E-state index contributed by atoms with van der Waals surface area (Å²) in [6.07, 6.45) is 3.31. The molecule has 2 heterocycles. The number of halogens is 1. The van der Waals surface area contributed by atoms with Crippen LogP contribution in [0.5, 0.6) is 0 Å². The fraction of sp³-hybridized carbons (Fsp3) is 0.600. The number of rotatable bonds is 4. The number of hydrogen-bond donors (Lipinski definition) is 2. The highest BCUT2D eigenvalue weighted by Gasteiger charge is 2.21. The predicted octanol–water partition coefficient (Wildman–Crippen LogP) is 1.88. The molecule has 0 radical (unpaired) electrons. The summed E-state index contributed by atoms with van der Waals surface area (Å²) in [5, 5.41) is 3.05. The van der Waals surface area contributed by atoms with Crippen LogP contribution in [0.4, 0.5) is 0 Å². The third-order valence-electron chi connectivity index (χ3n) is 3.67. The van der Waals surface area contributed by atoms with E-state index in [1.807, 2.05) is 0 Å². The standard InChI is InChI=1S/C15H22ClN3O2/c1-10(2)9-19-5-3-12(4-6-19)18-14(20)11-7-13(16)15(21)17-8-11/h7-8,10,12H,3-6,9H2,1-2H3,(H,17,21)(H,18,20). The van der Waals surface area contributed by atoms with Gasteiger partial charge in [-0.2, -0.15) is 0 Å². The number of nitrogens with one attached hydrogen (secondary N) is 2. The lowest BCUT2D eigenvalue weighted by Crippen LogP contribution is -2.45. The molecule has 6 heteroatoms. The van der Waals surface area contributed by atoms with Crippen LogP contribution < -0.4 is 10.9 Å². The molecule has 1 aromatic heterocycles. The Balaban J connectivity index is 1.87. The highest BCUT2D eigenvalue weighted by atomic mass is 35.5. The maximum absolute atomic E-state index is 12.1. The molecule has 0 atom stereocenters. The average Bonchev–Trinajstić information content (AvgIpc) is 2.43.